The number of aromatic nitrogens is 3. The molecule has 2 aromatic rings. The standard InChI is InChI=1S/C14H23N5OS/c1-4-12-10-18(6-5-17(12)7-8-20-3)14-16-19-9-11(2)15-13(19)21-14/h9,12H,4-8,10H2,1-3H3/t12-/m0/s1. The van der Waals surface area contributed by atoms with E-state index in [1.807, 2.05) is 17.6 Å². The summed E-state index contributed by atoms with van der Waals surface area (Å²) in [5.74, 6) is 0. The monoisotopic (exact) mass is 309 g/mol. The van der Waals surface area contributed by atoms with E-state index in [9.17, 15) is 0 Å². The quantitative estimate of drug-likeness (QED) is 0.840. The second kappa shape index (κ2) is 6.29. The van der Waals surface area contributed by atoms with Gasteiger partial charge in [-0.1, -0.05) is 18.3 Å². The van der Waals surface area contributed by atoms with Crippen LogP contribution in [0.25, 0.3) is 4.96 Å². The van der Waals surface area contributed by atoms with Crippen LogP contribution in [0.5, 0.6) is 0 Å². The van der Waals surface area contributed by atoms with E-state index in [1.54, 1.807) is 18.4 Å². The lowest BCUT2D eigenvalue weighted by Gasteiger charge is -2.40. The molecule has 1 atom stereocenters. The fourth-order valence-electron chi connectivity index (χ4n) is 2.88. The van der Waals surface area contributed by atoms with E-state index in [0.717, 1.165) is 55.0 Å². The van der Waals surface area contributed by atoms with E-state index in [0.29, 0.717) is 6.04 Å². The zero-order chi connectivity index (χ0) is 14.8. The number of aryl methyl sites for hydroxylation is 1. The fraction of sp³-hybridized carbons (Fsp3) is 0.714. The van der Waals surface area contributed by atoms with Crippen LogP contribution in [-0.2, 0) is 4.74 Å². The van der Waals surface area contributed by atoms with Gasteiger partial charge in [-0.2, -0.15) is 0 Å². The van der Waals surface area contributed by atoms with Crippen molar-refractivity contribution in [2.24, 2.45) is 0 Å². The maximum atomic E-state index is 5.21. The third-order valence-corrected chi connectivity index (χ3v) is 5.07. The summed E-state index contributed by atoms with van der Waals surface area (Å²) in [4.78, 5) is 10.4. The van der Waals surface area contributed by atoms with Crippen LogP contribution in [-0.4, -0.2) is 65.4 Å². The molecular formula is C14H23N5OS. The van der Waals surface area contributed by atoms with Gasteiger partial charge < -0.3 is 9.64 Å². The van der Waals surface area contributed by atoms with E-state index in [1.165, 1.54) is 0 Å². The number of hydrogen-bond donors (Lipinski definition) is 0. The SMILES string of the molecule is CC[C@H]1CN(c2nn3cc(C)nc3s2)CCN1CCOC. The largest absolute Gasteiger partial charge is 0.383 e. The predicted octanol–water partition coefficient (Wildman–Crippen LogP) is 1.65. The minimum absolute atomic E-state index is 0.576. The molecule has 3 heterocycles. The van der Waals surface area contributed by atoms with Gasteiger partial charge in [-0.3, -0.25) is 4.90 Å². The van der Waals surface area contributed by atoms with E-state index in [2.05, 4.69) is 26.8 Å². The van der Waals surface area contributed by atoms with Gasteiger partial charge in [0, 0.05) is 39.3 Å². The van der Waals surface area contributed by atoms with Crippen molar-refractivity contribution in [1.29, 1.82) is 0 Å². The van der Waals surface area contributed by atoms with Crippen LogP contribution in [0.3, 0.4) is 0 Å². The molecule has 21 heavy (non-hydrogen) atoms. The van der Waals surface area contributed by atoms with Gasteiger partial charge in [0.1, 0.15) is 0 Å². The Labute approximate surface area is 129 Å². The molecule has 0 bridgehead atoms. The Morgan fingerprint density at radius 1 is 1.43 bits per heavy atom. The molecule has 116 valence electrons. The molecule has 2 aromatic heterocycles. The number of anilines is 1. The van der Waals surface area contributed by atoms with Crippen LogP contribution in [0.15, 0.2) is 6.20 Å². The number of imidazole rings is 1. The lowest BCUT2D eigenvalue weighted by molar-refractivity contribution is 0.109. The third kappa shape index (κ3) is 3.04. The molecule has 0 spiro atoms. The molecule has 1 aliphatic rings. The first-order valence-corrected chi connectivity index (χ1v) is 8.33. The summed E-state index contributed by atoms with van der Waals surface area (Å²) in [7, 11) is 1.77. The molecule has 7 heteroatoms. The normalized spacial score (nSPS) is 20.5. The van der Waals surface area contributed by atoms with Gasteiger partial charge in [0.05, 0.1) is 18.5 Å². The molecule has 0 amide bonds. The van der Waals surface area contributed by atoms with Crippen LogP contribution in [0.2, 0.25) is 0 Å². The van der Waals surface area contributed by atoms with E-state index < -0.39 is 0 Å². The maximum absolute atomic E-state index is 5.21. The highest BCUT2D eigenvalue weighted by Gasteiger charge is 2.27. The number of ether oxygens (including phenoxy) is 1. The summed E-state index contributed by atoms with van der Waals surface area (Å²) in [5, 5.41) is 5.75. The average Bonchev–Trinajstić information content (AvgIpc) is 3.02. The minimum Gasteiger partial charge on any atom is -0.383 e. The number of hydrogen-bond acceptors (Lipinski definition) is 6. The Hall–Kier alpha value is -1.18. The first-order chi connectivity index (χ1) is 10.2. The van der Waals surface area contributed by atoms with Crippen molar-refractivity contribution in [3.63, 3.8) is 0 Å². The van der Waals surface area contributed by atoms with E-state index >= 15 is 0 Å². The maximum Gasteiger partial charge on any atom is 0.214 e. The van der Waals surface area contributed by atoms with Gasteiger partial charge in [-0.15, -0.1) is 5.10 Å². The lowest BCUT2D eigenvalue weighted by Crippen LogP contribution is -2.53. The number of piperazine rings is 1. The molecule has 1 fully saturated rings. The Balaban J connectivity index is 1.70. The summed E-state index contributed by atoms with van der Waals surface area (Å²) in [6.07, 6.45) is 3.14. The van der Waals surface area contributed by atoms with Crippen molar-refractivity contribution in [3.05, 3.63) is 11.9 Å². The minimum atomic E-state index is 0.576. The topological polar surface area (TPSA) is 45.9 Å². The van der Waals surface area contributed by atoms with Crippen LogP contribution in [0, 0.1) is 6.92 Å². The van der Waals surface area contributed by atoms with Crippen LogP contribution < -0.4 is 4.90 Å². The van der Waals surface area contributed by atoms with Gasteiger partial charge in [-0.25, -0.2) is 9.50 Å². The number of fused-ring (bicyclic) bond motifs is 1. The number of nitrogens with zero attached hydrogens (tertiary/aromatic N) is 5. The second-order valence-corrected chi connectivity index (χ2v) is 6.47. The second-order valence-electron chi connectivity index (χ2n) is 5.53. The molecule has 0 N–H and O–H groups in total. The lowest BCUT2D eigenvalue weighted by atomic mass is 10.1. The first kappa shape index (κ1) is 14.7. The summed E-state index contributed by atoms with van der Waals surface area (Å²) in [5.41, 5.74) is 1.02. The molecule has 0 radical (unpaired) electrons. The summed E-state index contributed by atoms with van der Waals surface area (Å²) < 4.78 is 7.11. The smallest absolute Gasteiger partial charge is 0.214 e. The van der Waals surface area contributed by atoms with Crippen molar-refractivity contribution in [1.82, 2.24) is 19.5 Å². The Morgan fingerprint density at radius 3 is 3.00 bits per heavy atom. The molecule has 0 aromatic carbocycles. The van der Waals surface area contributed by atoms with Crippen LogP contribution >= 0.6 is 11.3 Å². The highest BCUT2D eigenvalue weighted by molar-refractivity contribution is 7.20. The van der Waals surface area contributed by atoms with Crippen molar-refractivity contribution in [2.45, 2.75) is 26.3 Å². The molecule has 1 saturated heterocycles. The van der Waals surface area contributed by atoms with Crippen molar-refractivity contribution in [2.75, 3.05) is 44.8 Å². The molecule has 1 aliphatic heterocycles. The molecule has 3 rings (SSSR count). The fourth-order valence-corrected chi connectivity index (χ4v) is 3.85. The molecule has 6 nitrogen and oxygen atoms in total. The summed E-state index contributed by atoms with van der Waals surface area (Å²) in [6, 6.07) is 0.576. The highest BCUT2D eigenvalue weighted by Crippen LogP contribution is 2.26. The zero-order valence-corrected chi connectivity index (χ0v) is 13.8. The number of rotatable bonds is 5. The predicted molar refractivity (Wildman–Crippen MR) is 85.3 cm³/mol. The molecule has 0 saturated carbocycles. The Bertz CT molecular complexity index is 564. The third-order valence-electron chi connectivity index (χ3n) is 4.08. The Kier molecular flexibility index (Phi) is 4.42. The molecule has 0 aliphatic carbocycles. The Morgan fingerprint density at radius 2 is 2.29 bits per heavy atom. The highest BCUT2D eigenvalue weighted by atomic mass is 32.1. The van der Waals surface area contributed by atoms with Gasteiger partial charge in [0.15, 0.2) is 0 Å². The zero-order valence-electron chi connectivity index (χ0n) is 12.9. The van der Waals surface area contributed by atoms with Crippen LogP contribution in [0.4, 0.5) is 5.13 Å². The first-order valence-electron chi connectivity index (χ1n) is 7.52. The van der Waals surface area contributed by atoms with E-state index in [-0.39, 0.29) is 0 Å². The number of methoxy groups -OCH3 is 1. The average molecular weight is 309 g/mol. The van der Waals surface area contributed by atoms with Crippen molar-refractivity contribution < 1.29 is 4.74 Å². The molecular weight excluding hydrogens is 286 g/mol. The van der Waals surface area contributed by atoms with Crippen molar-refractivity contribution in [3.8, 4) is 0 Å². The molecule has 0 unspecified atom stereocenters. The van der Waals surface area contributed by atoms with E-state index in [4.69, 9.17) is 4.74 Å². The van der Waals surface area contributed by atoms with Gasteiger partial charge >= 0.3 is 0 Å². The van der Waals surface area contributed by atoms with Gasteiger partial charge in [0.25, 0.3) is 0 Å². The van der Waals surface area contributed by atoms with Crippen LogP contribution in [0.1, 0.15) is 19.0 Å². The van der Waals surface area contributed by atoms with Gasteiger partial charge in [0.2, 0.25) is 10.1 Å². The summed E-state index contributed by atoms with van der Waals surface area (Å²) >= 11 is 1.68. The van der Waals surface area contributed by atoms with Gasteiger partial charge in [-0.05, 0) is 13.3 Å². The van der Waals surface area contributed by atoms with Crippen molar-refractivity contribution >= 4 is 21.4 Å². The summed E-state index contributed by atoms with van der Waals surface area (Å²) in [6.45, 7) is 9.22.